The Bertz CT molecular complexity index is 745. The Balaban J connectivity index is 1.72. The zero-order valence-electron chi connectivity index (χ0n) is 14.0. The second-order valence-electron chi connectivity index (χ2n) is 6.15. The highest BCUT2D eigenvalue weighted by Gasteiger charge is 2.36. The molecule has 1 fully saturated rings. The van der Waals surface area contributed by atoms with Crippen molar-refractivity contribution in [2.45, 2.75) is 33.0 Å². The summed E-state index contributed by atoms with van der Waals surface area (Å²) in [6, 6.07) is 15.0. The second kappa shape index (κ2) is 6.83. The summed E-state index contributed by atoms with van der Waals surface area (Å²) in [7, 11) is 0. The Morgan fingerprint density at radius 3 is 2.50 bits per heavy atom. The van der Waals surface area contributed by atoms with Crippen LogP contribution in [0.5, 0.6) is 0 Å². The van der Waals surface area contributed by atoms with Crippen molar-refractivity contribution in [3.05, 3.63) is 65.5 Å². The van der Waals surface area contributed by atoms with Gasteiger partial charge in [-0.25, -0.2) is 0 Å². The number of hydrogen-bond donors (Lipinski definition) is 0. The van der Waals surface area contributed by atoms with Gasteiger partial charge < -0.3 is 9.80 Å². The van der Waals surface area contributed by atoms with E-state index in [4.69, 9.17) is 0 Å². The van der Waals surface area contributed by atoms with Gasteiger partial charge >= 0.3 is 0 Å². The Hall–Kier alpha value is -2.69. The molecule has 5 heteroatoms. The number of aromatic nitrogens is 1. The van der Waals surface area contributed by atoms with Crippen LogP contribution in [-0.4, -0.2) is 39.2 Å². The van der Waals surface area contributed by atoms with Crippen molar-refractivity contribution >= 4 is 11.8 Å². The molecule has 0 bridgehead atoms. The molecule has 1 aliphatic rings. The first-order chi connectivity index (χ1) is 11.5. The summed E-state index contributed by atoms with van der Waals surface area (Å²) in [6.45, 7) is 4.65. The third kappa shape index (κ3) is 3.45. The zero-order chi connectivity index (χ0) is 17.1. The molecule has 1 aliphatic heterocycles. The van der Waals surface area contributed by atoms with E-state index in [1.807, 2.05) is 55.5 Å². The van der Waals surface area contributed by atoms with Crippen molar-refractivity contribution in [1.82, 2.24) is 14.8 Å². The van der Waals surface area contributed by atoms with Gasteiger partial charge in [0, 0.05) is 12.2 Å². The number of amides is 2. The van der Waals surface area contributed by atoms with Gasteiger partial charge in [0.1, 0.15) is 12.6 Å². The molecule has 0 N–H and O–H groups in total. The Kier molecular flexibility index (Phi) is 4.60. The van der Waals surface area contributed by atoms with E-state index in [0.29, 0.717) is 13.1 Å². The van der Waals surface area contributed by atoms with Crippen LogP contribution in [0.25, 0.3) is 0 Å². The fourth-order valence-corrected chi connectivity index (χ4v) is 2.97. The van der Waals surface area contributed by atoms with Crippen LogP contribution in [-0.2, 0) is 22.7 Å². The summed E-state index contributed by atoms with van der Waals surface area (Å²) < 4.78 is 0. The quantitative estimate of drug-likeness (QED) is 0.866. The SMILES string of the molecule is Cc1cccc(CN2C(=O)CN(Cc3ccccc3)C(=O)[C@H]2C)n1. The van der Waals surface area contributed by atoms with E-state index in [1.54, 1.807) is 16.7 Å². The average molecular weight is 323 g/mol. The van der Waals surface area contributed by atoms with Gasteiger partial charge in [-0.1, -0.05) is 36.4 Å². The number of nitrogens with zero attached hydrogens (tertiary/aromatic N) is 3. The van der Waals surface area contributed by atoms with Gasteiger partial charge in [-0.3, -0.25) is 14.6 Å². The summed E-state index contributed by atoms with van der Waals surface area (Å²) in [6.07, 6.45) is 0. The number of carbonyl (C=O) groups excluding carboxylic acids is 2. The van der Waals surface area contributed by atoms with Crippen molar-refractivity contribution in [2.75, 3.05) is 6.54 Å². The average Bonchev–Trinajstić information content (AvgIpc) is 2.57. The molecule has 0 spiro atoms. The lowest BCUT2D eigenvalue weighted by molar-refractivity contribution is -0.156. The minimum Gasteiger partial charge on any atom is -0.327 e. The number of benzene rings is 1. The van der Waals surface area contributed by atoms with Crippen LogP contribution < -0.4 is 0 Å². The predicted molar refractivity (Wildman–Crippen MR) is 90.8 cm³/mol. The van der Waals surface area contributed by atoms with Gasteiger partial charge in [-0.2, -0.15) is 0 Å². The Morgan fingerprint density at radius 1 is 1.04 bits per heavy atom. The van der Waals surface area contributed by atoms with Gasteiger partial charge in [0.2, 0.25) is 11.8 Å². The van der Waals surface area contributed by atoms with Gasteiger partial charge in [0.15, 0.2) is 0 Å². The van der Waals surface area contributed by atoms with Crippen LogP contribution in [0.4, 0.5) is 0 Å². The van der Waals surface area contributed by atoms with Gasteiger partial charge in [-0.05, 0) is 31.5 Å². The smallest absolute Gasteiger partial charge is 0.245 e. The first kappa shape index (κ1) is 16.2. The summed E-state index contributed by atoms with van der Waals surface area (Å²) in [5.41, 5.74) is 2.74. The molecule has 0 radical (unpaired) electrons. The fraction of sp³-hybridized carbons (Fsp3) is 0.316. The molecule has 1 atom stereocenters. The van der Waals surface area contributed by atoms with E-state index in [0.717, 1.165) is 17.0 Å². The Morgan fingerprint density at radius 2 is 1.79 bits per heavy atom. The van der Waals surface area contributed by atoms with Crippen LogP contribution in [0.15, 0.2) is 48.5 Å². The highest BCUT2D eigenvalue weighted by molar-refractivity contribution is 5.94. The lowest BCUT2D eigenvalue weighted by atomic mass is 10.1. The minimum atomic E-state index is -0.475. The van der Waals surface area contributed by atoms with E-state index in [-0.39, 0.29) is 18.4 Å². The van der Waals surface area contributed by atoms with Gasteiger partial charge in [0.25, 0.3) is 0 Å². The van der Waals surface area contributed by atoms with E-state index in [2.05, 4.69) is 4.98 Å². The molecule has 24 heavy (non-hydrogen) atoms. The topological polar surface area (TPSA) is 53.5 Å². The number of rotatable bonds is 4. The molecule has 1 aromatic heterocycles. The minimum absolute atomic E-state index is 0.0221. The summed E-state index contributed by atoms with van der Waals surface area (Å²) in [5.74, 6) is -0.0626. The van der Waals surface area contributed by atoms with Crippen molar-refractivity contribution < 1.29 is 9.59 Å². The van der Waals surface area contributed by atoms with E-state index < -0.39 is 6.04 Å². The van der Waals surface area contributed by atoms with Gasteiger partial charge in [-0.15, -0.1) is 0 Å². The van der Waals surface area contributed by atoms with Crippen molar-refractivity contribution in [2.24, 2.45) is 0 Å². The number of hydrogen-bond acceptors (Lipinski definition) is 3. The van der Waals surface area contributed by atoms with E-state index in [9.17, 15) is 9.59 Å². The van der Waals surface area contributed by atoms with Crippen LogP contribution in [0, 0.1) is 6.92 Å². The second-order valence-corrected chi connectivity index (χ2v) is 6.15. The molecule has 0 unspecified atom stereocenters. The molecular formula is C19H21N3O2. The lowest BCUT2D eigenvalue weighted by Gasteiger charge is -2.38. The zero-order valence-corrected chi connectivity index (χ0v) is 14.0. The number of pyridine rings is 1. The molecule has 2 amide bonds. The van der Waals surface area contributed by atoms with Gasteiger partial charge in [0.05, 0.1) is 12.2 Å². The molecule has 2 aromatic rings. The van der Waals surface area contributed by atoms with E-state index >= 15 is 0 Å². The monoisotopic (exact) mass is 323 g/mol. The molecule has 1 aromatic carbocycles. The maximum atomic E-state index is 12.7. The molecule has 0 saturated carbocycles. The van der Waals surface area contributed by atoms with Crippen molar-refractivity contribution in [1.29, 1.82) is 0 Å². The maximum absolute atomic E-state index is 12.7. The molecule has 2 heterocycles. The summed E-state index contributed by atoms with van der Waals surface area (Å²) in [5, 5.41) is 0. The van der Waals surface area contributed by atoms with Crippen LogP contribution in [0.2, 0.25) is 0 Å². The fourth-order valence-electron chi connectivity index (χ4n) is 2.97. The predicted octanol–water partition coefficient (Wildman–Crippen LogP) is 2.15. The summed E-state index contributed by atoms with van der Waals surface area (Å²) >= 11 is 0. The third-order valence-electron chi connectivity index (χ3n) is 4.28. The Labute approximate surface area is 141 Å². The van der Waals surface area contributed by atoms with Crippen molar-refractivity contribution in [3.8, 4) is 0 Å². The summed E-state index contributed by atoms with van der Waals surface area (Å²) in [4.78, 5) is 32.9. The number of aryl methyl sites for hydroxylation is 1. The molecule has 1 saturated heterocycles. The van der Waals surface area contributed by atoms with Crippen molar-refractivity contribution in [3.63, 3.8) is 0 Å². The normalized spacial score (nSPS) is 18.2. The highest BCUT2D eigenvalue weighted by Crippen LogP contribution is 2.18. The third-order valence-corrected chi connectivity index (χ3v) is 4.28. The molecule has 124 valence electrons. The number of carbonyl (C=O) groups is 2. The van der Waals surface area contributed by atoms with E-state index in [1.165, 1.54) is 0 Å². The van der Waals surface area contributed by atoms with Crippen LogP contribution in [0.1, 0.15) is 23.9 Å². The molecule has 5 nitrogen and oxygen atoms in total. The lowest BCUT2D eigenvalue weighted by Crippen LogP contribution is -2.58. The van der Waals surface area contributed by atoms with Crippen LogP contribution >= 0.6 is 0 Å². The first-order valence-electron chi connectivity index (χ1n) is 8.09. The van der Waals surface area contributed by atoms with Crippen LogP contribution in [0.3, 0.4) is 0 Å². The standard InChI is InChI=1S/C19H21N3O2/c1-14-7-6-10-17(20-14)12-22-15(2)19(24)21(13-18(22)23)11-16-8-4-3-5-9-16/h3-10,15H,11-13H2,1-2H3/t15-/m1/s1. The highest BCUT2D eigenvalue weighted by atomic mass is 16.2. The molecule has 3 rings (SSSR count). The largest absolute Gasteiger partial charge is 0.327 e. The molecule has 0 aliphatic carbocycles. The molecular weight excluding hydrogens is 302 g/mol. The first-order valence-corrected chi connectivity index (χ1v) is 8.09. The number of piperazine rings is 1. The maximum Gasteiger partial charge on any atom is 0.245 e.